The van der Waals surface area contributed by atoms with Crippen LogP contribution >= 0.6 is 0 Å². The zero-order chi connectivity index (χ0) is 12.3. The minimum absolute atomic E-state index is 0.0871. The molecule has 1 aromatic rings. The second kappa shape index (κ2) is 4.58. The normalized spacial score (nSPS) is 11.9. The number of hydrogen-bond donors (Lipinski definition) is 2. The van der Waals surface area contributed by atoms with Crippen molar-refractivity contribution in [2.45, 2.75) is 6.04 Å². The number of methoxy groups -OCH3 is 1. The van der Waals surface area contributed by atoms with Gasteiger partial charge in [-0.3, -0.25) is 14.9 Å². The predicted molar refractivity (Wildman–Crippen MR) is 54.2 cm³/mol. The Morgan fingerprint density at radius 1 is 1.62 bits per heavy atom. The molecule has 0 aliphatic carbocycles. The molecule has 0 aliphatic rings. The molecule has 7 heteroatoms. The SMILES string of the molecule is COc1cc([N+](=O)[O-])ccc1[C@@H](N)C(=O)O. The molecular formula is C9H10N2O5. The molecule has 7 nitrogen and oxygen atoms in total. The molecule has 0 unspecified atom stereocenters. The topological polar surface area (TPSA) is 116 Å². The van der Waals surface area contributed by atoms with Crippen LogP contribution in [0.25, 0.3) is 0 Å². The molecule has 0 aromatic heterocycles. The summed E-state index contributed by atoms with van der Waals surface area (Å²) in [5, 5.41) is 19.2. The highest BCUT2D eigenvalue weighted by atomic mass is 16.6. The van der Waals surface area contributed by atoms with Crippen molar-refractivity contribution in [1.29, 1.82) is 0 Å². The lowest BCUT2D eigenvalue weighted by molar-refractivity contribution is -0.384. The second-order valence-corrected chi connectivity index (χ2v) is 3.00. The van der Waals surface area contributed by atoms with Crippen molar-refractivity contribution in [3.05, 3.63) is 33.9 Å². The van der Waals surface area contributed by atoms with Gasteiger partial charge in [-0.2, -0.15) is 0 Å². The first-order chi connectivity index (χ1) is 7.47. The van der Waals surface area contributed by atoms with Gasteiger partial charge < -0.3 is 15.6 Å². The Kier molecular flexibility index (Phi) is 3.41. The zero-order valence-electron chi connectivity index (χ0n) is 8.41. The Balaban J connectivity index is 3.21. The summed E-state index contributed by atoms with van der Waals surface area (Å²) in [7, 11) is 1.29. The fraction of sp³-hybridized carbons (Fsp3) is 0.222. The van der Waals surface area contributed by atoms with Crippen molar-refractivity contribution in [3.8, 4) is 5.75 Å². The quantitative estimate of drug-likeness (QED) is 0.576. The Labute approximate surface area is 90.6 Å². The van der Waals surface area contributed by atoms with Crippen molar-refractivity contribution < 1.29 is 19.6 Å². The number of aliphatic carboxylic acids is 1. The van der Waals surface area contributed by atoms with Gasteiger partial charge in [0.05, 0.1) is 18.1 Å². The number of carbonyl (C=O) groups is 1. The molecule has 16 heavy (non-hydrogen) atoms. The molecule has 0 fully saturated rings. The number of rotatable bonds is 4. The van der Waals surface area contributed by atoms with Gasteiger partial charge in [0.25, 0.3) is 5.69 Å². The molecule has 1 aromatic carbocycles. The lowest BCUT2D eigenvalue weighted by Crippen LogP contribution is -2.21. The molecule has 1 atom stereocenters. The van der Waals surface area contributed by atoms with Gasteiger partial charge in [-0.05, 0) is 6.07 Å². The fourth-order valence-electron chi connectivity index (χ4n) is 1.20. The van der Waals surface area contributed by atoms with Crippen LogP contribution < -0.4 is 10.5 Å². The summed E-state index contributed by atoms with van der Waals surface area (Å²) >= 11 is 0. The van der Waals surface area contributed by atoms with Gasteiger partial charge in [-0.15, -0.1) is 0 Å². The first-order valence-corrected chi connectivity index (χ1v) is 4.28. The van der Waals surface area contributed by atoms with Gasteiger partial charge in [-0.1, -0.05) is 0 Å². The number of ether oxygens (including phenoxy) is 1. The van der Waals surface area contributed by atoms with Crippen LogP contribution in [0.4, 0.5) is 5.69 Å². The minimum Gasteiger partial charge on any atom is -0.496 e. The van der Waals surface area contributed by atoms with E-state index < -0.39 is 16.9 Å². The van der Waals surface area contributed by atoms with Crippen LogP contribution in [0.5, 0.6) is 5.75 Å². The standard InChI is InChI=1S/C9H10N2O5/c1-16-7-4-5(11(14)15)2-3-6(7)8(10)9(12)13/h2-4,8H,10H2,1H3,(H,12,13)/t8-/m1/s1. The first kappa shape index (κ1) is 11.9. The fourth-order valence-corrected chi connectivity index (χ4v) is 1.20. The van der Waals surface area contributed by atoms with E-state index in [2.05, 4.69) is 0 Å². The summed E-state index contributed by atoms with van der Waals surface area (Å²) in [5.41, 5.74) is 5.40. The Hall–Kier alpha value is -2.15. The van der Waals surface area contributed by atoms with Crippen LogP contribution in [-0.4, -0.2) is 23.1 Å². The maximum atomic E-state index is 10.7. The third-order valence-electron chi connectivity index (χ3n) is 2.03. The van der Waals surface area contributed by atoms with Gasteiger partial charge in [0.1, 0.15) is 11.8 Å². The highest BCUT2D eigenvalue weighted by molar-refractivity contribution is 5.76. The van der Waals surface area contributed by atoms with E-state index in [1.54, 1.807) is 0 Å². The number of non-ortho nitro benzene ring substituents is 1. The molecule has 0 radical (unpaired) electrons. The predicted octanol–water partition coefficient (Wildman–Crippen LogP) is 0.688. The largest absolute Gasteiger partial charge is 0.496 e. The summed E-state index contributed by atoms with van der Waals surface area (Å²) in [6.45, 7) is 0. The molecule has 0 amide bonds. The number of benzene rings is 1. The monoisotopic (exact) mass is 226 g/mol. The van der Waals surface area contributed by atoms with Crippen LogP contribution in [0.1, 0.15) is 11.6 Å². The van der Waals surface area contributed by atoms with Crippen molar-refractivity contribution in [1.82, 2.24) is 0 Å². The van der Waals surface area contributed by atoms with Crippen LogP contribution in [0.3, 0.4) is 0 Å². The van der Waals surface area contributed by atoms with Gasteiger partial charge >= 0.3 is 5.97 Å². The molecule has 0 bridgehead atoms. The number of nitrogens with two attached hydrogens (primary N) is 1. The summed E-state index contributed by atoms with van der Waals surface area (Å²) < 4.78 is 4.86. The van der Waals surface area contributed by atoms with E-state index in [-0.39, 0.29) is 17.0 Å². The number of nitro benzene ring substituents is 1. The summed E-state index contributed by atoms with van der Waals surface area (Å²) in [6.07, 6.45) is 0. The van der Waals surface area contributed by atoms with Crippen LogP contribution in [0, 0.1) is 10.1 Å². The molecule has 3 N–H and O–H groups in total. The van der Waals surface area contributed by atoms with Crippen LogP contribution in [0.15, 0.2) is 18.2 Å². The highest BCUT2D eigenvalue weighted by Crippen LogP contribution is 2.28. The van der Waals surface area contributed by atoms with E-state index in [1.165, 1.54) is 19.2 Å². The molecule has 1 rings (SSSR count). The van der Waals surface area contributed by atoms with Crippen molar-refractivity contribution in [2.75, 3.05) is 7.11 Å². The van der Waals surface area contributed by atoms with Crippen LogP contribution in [-0.2, 0) is 4.79 Å². The average Bonchev–Trinajstić information content (AvgIpc) is 2.26. The molecular weight excluding hydrogens is 216 g/mol. The number of hydrogen-bond acceptors (Lipinski definition) is 5. The van der Waals surface area contributed by atoms with E-state index in [9.17, 15) is 14.9 Å². The van der Waals surface area contributed by atoms with Gasteiger partial charge in [0, 0.05) is 11.6 Å². The third kappa shape index (κ3) is 2.26. The van der Waals surface area contributed by atoms with E-state index in [0.717, 1.165) is 6.07 Å². The highest BCUT2D eigenvalue weighted by Gasteiger charge is 2.21. The molecule has 0 saturated heterocycles. The minimum atomic E-state index is -1.27. The van der Waals surface area contributed by atoms with Crippen molar-refractivity contribution in [2.24, 2.45) is 5.73 Å². The molecule has 0 spiro atoms. The zero-order valence-corrected chi connectivity index (χ0v) is 8.41. The summed E-state index contributed by atoms with van der Waals surface area (Å²) in [4.78, 5) is 20.6. The number of nitrogens with zero attached hydrogens (tertiary/aromatic N) is 1. The van der Waals surface area contributed by atoms with E-state index in [4.69, 9.17) is 15.6 Å². The molecule has 0 aliphatic heterocycles. The molecule has 0 saturated carbocycles. The lowest BCUT2D eigenvalue weighted by Gasteiger charge is -2.11. The third-order valence-corrected chi connectivity index (χ3v) is 2.03. The Bertz CT molecular complexity index is 432. The Morgan fingerprint density at radius 2 is 2.25 bits per heavy atom. The maximum Gasteiger partial charge on any atom is 0.325 e. The second-order valence-electron chi connectivity index (χ2n) is 3.00. The lowest BCUT2D eigenvalue weighted by atomic mass is 10.1. The van der Waals surface area contributed by atoms with Gasteiger partial charge in [0.2, 0.25) is 0 Å². The van der Waals surface area contributed by atoms with Gasteiger partial charge in [-0.25, -0.2) is 0 Å². The summed E-state index contributed by atoms with van der Waals surface area (Å²) in [6, 6.07) is 2.32. The number of carboxylic acid groups (broad SMARTS) is 1. The molecule has 86 valence electrons. The van der Waals surface area contributed by atoms with E-state index in [1.807, 2.05) is 0 Å². The van der Waals surface area contributed by atoms with Gasteiger partial charge in [0.15, 0.2) is 0 Å². The summed E-state index contributed by atoms with van der Waals surface area (Å²) in [5.74, 6) is -1.14. The Morgan fingerprint density at radius 3 is 2.69 bits per heavy atom. The van der Waals surface area contributed by atoms with E-state index in [0.29, 0.717) is 0 Å². The molecule has 0 heterocycles. The first-order valence-electron chi connectivity index (χ1n) is 4.28. The number of carboxylic acids is 1. The average molecular weight is 226 g/mol. The maximum absolute atomic E-state index is 10.7. The van der Waals surface area contributed by atoms with E-state index >= 15 is 0 Å². The van der Waals surface area contributed by atoms with Crippen molar-refractivity contribution >= 4 is 11.7 Å². The smallest absolute Gasteiger partial charge is 0.325 e. The van der Waals surface area contributed by atoms with Crippen molar-refractivity contribution in [3.63, 3.8) is 0 Å². The number of nitro groups is 1. The van der Waals surface area contributed by atoms with Crippen LogP contribution in [0.2, 0.25) is 0 Å².